The molecule has 126 valence electrons. The molecule has 1 aliphatic rings. The third kappa shape index (κ3) is 4.22. The fourth-order valence-electron chi connectivity index (χ4n) is 2.87. The van der Waals surface area contributed by atoms with Crippen LogP contribution in [0.3, 0.4) is 0 Å². The maximum atomic E-state index is 12.5. The summed E-state index contributed by atoms with van der Waals surface area (Å²) < 4.78 is 5.35. The number of nitrogens with zero attached hydrogens (tertiary/aromatic N) is 2. The van der Waals surface area contributed by atoms with Crippen molar-refractivity contribution in [2.45, 2.75) is 0 Å². The Hall–Kier alpha value is -2.17. The summed E-state index contributed by atoms with van der Waals surface area (Å²) in [7, 11) is 1.87. The van der Waals surface area contributed by atoms with Gasteiger partial charge in [0.15, 0.2) is 0 Å². The van der Waals surface area contributed by atoms with Crippen LogP contribution in [0.25, 0.3) is 11.1 Å². The molecule has 1 saturated heterocycles. The molecule has 3 rings (SSSR count). The van der Waals surface area contributed by atoms with Crippen LogP contribution >= 0.6 is 0 Å². The molecule has 0 unspecified atom stereocenters. The van der Waals surface area contributed by atoms with Crippen molar-refractivity contribution in [1.29, 1.82) is 0 Å². The average Bonchev–Trinajstić information content (AvgIpc) is 2.67. The van der Waals surface area contributed by atoms with Crippen molar-refractivity contribution in [2.24, 2.45) is 0 Å². The summed E-state index contributed by atoms with van der Waals surface area (Å²) in [4.78, 5) is 16.7. The first kappa shape index (κ1) is 16.7. The number of ether oxygens (including phenoxy) is 1. The zero-order chi connectivity index (χ0) is 16.8. The Morgan fingerprint density at radius 2 is 1.62 bits per heavy atom. The molecule has 0 radical (unpaired) electrons. The van der Waals surface area contributed by atoms with Crippen molar-refractivity contribution in [3.63, 3.8) is 0 Å². The summed E-state index contributed by atoms with van der Waals surface area (Å²) in [5, 5.41) is 0. The minimum absolute atomic E-state index is 0.0721. The van der Waals surface area contributed by atoms with Gasteiger partial charge in [0.25, 0.3) is 5.91 Å². The molecule has 0 bridgehead atoms. The Bertz CT molecular complexity index is 649. The van der Waals surface area contributed by atoms with E-state index in [2.05, 4.69) is 17.0 Å². The van der Waals surface area contributed by atoms with Crippen LogP contribution in [0.4, 0.5) is 0 Å². The molecule has 0 aliphatic carbocycles. The summed E-state index contributed by atoms with van der Waals surface area (Å²) in [5.74, 6) is 0.0721. The number of hydrogen-bond acceptors (Lipinski definition) is 3. The van der Waals surface area contributed by atoms with E-state index in [1.54, 1.807) is 4.90 Å². The van der Waals surface area contributed by atoms with Crippen LogP contribution in [0.1, 0.15) is 10.4 Å². The van der Waals surface area contributed by atoms with Crippen LogP contribution in [0, 0.1) is 0 Å². The maximum Gasteiger partial charge on any atom is 0.253 e. The van der Waals surface area contributed by atoms with E-state index in [0.29, 0.717) is 0 Å². The zero-order valence-corrected chi connectivity index (χ0v) is 14.1. The lowest BCUT2D eigenvalue weighted by Crippen LogP contribution is -2.41. The van der Waals surface area contributed by atoms with Gasteiger partial charge in [-0.2, -0.15) is 0 Å². The van der Waals surface area contributed by atoms with Crippen molar-refractivity contribution in [3.8, 4) is 11.1 Å². The third-order valence-corrected chi connectivity index (χ3v) is 4.44. The Labute approximate surface area is 143 Å². The number of carbonyl (C=O) groups excluding carboxylic acids is 1. The van der Waals surface area contributed by atoms with Gasteiger partial charge in [-0.1, -0.05) is 42.5 Å². The highest BCUT2D eigenvalue weighted by atomic mass is 16.5. The monoisotopic (exact) mass is 324 g/mol. The number of rotatable bonds is 5. The number of likely N-dealkylation sites (N-methyl/N-ethyl adjacent to an activating group) is 1. The van der Waals surface area contributed by atoms with E-state index in [9.17, 15) is 4.79 Å². The summed E-state index contributed by atoms with van der Waals surface area (Å²) >= 11 is 0. The van der Waals surface area contributed by atoms with Crippen LogP contribution in [0.2, 0.25) is 0 Å². The second kappa shape index (κ2) is 8.08. The number of hydrogen-bond donors (Lipinski definition) is 0. The van der Waals surface area contributed by atoms with Crippen molar-refractivity contribution in [3.05, 3.63) is 60.2 Å². The third-order valence-electron chi connectivity index (χ3n) is 4.44. The van der Waals surface area contributed by atoms with Gasteiger partial charge < -0.3 is 9.64 Å². The number of benzene rings is 2. The van der Waals surface area contributed by atoms with Gasteiger partial charge >= 0.3 is 0 Å². The fourth-order valence-corrected chi connectivity index (χ4v) is 2.87. The van der Waals surface area contributed by atoms with E-state index in [0.717, 1.165) is 56.1 Å². The normalized spacial score (nSPS) is 15.2. The van der Waals surface area contributed by atoms with Crippen LogP contribution in [0.15, 0.2) is 54.6 Å². The Morgan fingerprint density at radius 3 is 2.29 bits per heavy atom. The second-order valence-corrected chi connectivity index (χ2v) is 6.12. The number of amides is 1. The molecule has 2 aromatic rings. The number of morpholine rings is 1. The smallest absolute Gasteiger partial charge is 0.253 e. The van der Waals surface area contributed by atoms with E-state index in [-0.39, 0.29) is 5.91 Å². The predicted octanol–water partition coefficient (Wildman–Crippen LogP) is 2.76. The van der Waals surface area contributed by atoms with E-state index >= 15 is 0 Å². The summed E-state index contributed by atoms with van der Waals surface area (Å²) in [5.41, 5.74) is 3.03. The van der Waals surface area contributed by atoms with E-state index in [1.165, 1.54) is 0 Å². The molecule has 0 N–H and O–H groups in total. The molecule has 0 spiro atoms. The highest BCUT2D eigenvalue weighted by Crippen LogP contribution is 2.19. The van der Waals surface area contributed by atoms with Gasteiger partial charge in [-0.3, -0.25) is 9.69 Å². The molecule has 4 nitrogen and oxygen atoms in total. The summed E-state index contributed by atoms with van der Waals surface area (Å²) in [6.07, 6.45) is 0. The van der Waals surface area contributed by atoms with Crippen LogP contribution in [-0.4, -0.2) is 62.1 Å². The van der Waals surface area contributed by atoms with E-state index in [1.807, 2.05) is 49.5 Å². The second-order valence-electron chi connectivity index (χ2n) is 6.12. The van der Waals surface area contributed by atoms with Gasteiger partial charge in [0.05, 0.1) is 13.2 Å². The molecule has 1 fully saturated rings. The summed E-state index contributed by atoms with van der Waals surface area (Å²) in [6, 6.07) is 18.0. The van der Waals surface area contributed by atoms with Gasteiger partial charge in [0.1, 0.15) is 0 Å². The van der Waals surface area contributed by atoms with Crippen LogP contribution < -0.4 is 0 Å². The molecule has 0 atom stereocenters. The fraction of sp³-hybridized carbons (Fsp3) is 0.350. The van der Waals surface area contributed by atoms with Crippen molar-refractivity contribution in [2.75, 3.05) is 46.4 Å². The van der Waals surface area contributed by atoms with Gasteiger partial charge in [-0.05, 0) is 23.3 Å². The molecule has 24 heavy (non-hydrogen) atoms. The maximum absolute atomic E-state index is 12.5. The molecule has 1 heterocycles. The van der Waals surface area contributed by atoms with Crippen molar-refractivity contribution < 1.29 is 9.53 Å². The highest BCUT2D eigenvalue weighted by Gasteiger charge is 2.15. The molecule has 4 heteroatoms. The van der Waals surface area contributed by atoms with E-state index in [4.69, 9.17) is 4.74 Å². The van der Waals surface area contributed by atoms with Gasteiger partial charge in [-0.15, -0.1) is 0 Å². The quantitative estimate of drug-likeness (QED) is 0.848. The van der Waals surface area contributed by atoms with Gasteiger partial charge in [0.2, 0.25) is 0 Å². The minimum Gasteiger partial charge on any atom is -0.379 e. The highest BCUT2D eigenvalue weighted by molar-refractivity contribution is 5.94. The zero-order valence-electron chi connectivity index (χ0n) is 14.1. The lowest BCUT2D eigenvalue weighted by Gasteiger charge is -2.28. The molecule has 0 aromatic heterocycles. The van der Waals surface area contributed by atoms with Crippen molar-refractivity contribution >= 4 is 5.91 Å². The van der Waals surface area contributed by atoms with Crippen molar-refractivity contribution in [1.82, 2.24) is 9.80 Å². The Kier molecular flexibility index (Phi) is 5.62. The molecular weight excluding hydrogens is 300 g/mol. The molecule has 0 saturated carbocycles. The molecular formula is C20H24N2O2. The average molecular weight is 324 g/mol. The summed E-state index contributed by atoms with van der Waals surface area (Å²) in [6.45, 7) is 5.12. The van der Waals surface area contributed by atoms with Crippen LogP contribution in [0.5, 0.6) is 0 Å². The van der Waals surface area contributed by atoms with Gasteiger partial charge in [0, 0.05) is 38.8 Å². The molecule has 1 aliphatic heterocycles. The largest absolute Gasteiger partial charge is 0.379 e. The lowest BCUT2D eigenvalue weighted by molar-refractivity contribution is 0.0338. The molecule has 1 amide bonds. The van der Waals surface area contributed by atoms with Crippen LogP contribution in [-0.2, 0) is 4.74 Å². The number of carbonyl (C=O) groups is 1. The van der Waals surface area contributed by atoms with E-state index < -0.39 is 0 Å². The topological polar surface area (TPSA) is 32.8 Å². The SMILES string of the molecule is CN(CCN1CCOCC1)C(=O)c1ccc(-c2ccccc2)cc1. The lowest BCUT2D eigenvalue weighted by atomic mass is 10.0. The standard InChI is InChI=1S/C20H24N2O2/c1-21(11-12-22-13-15-24-16-14-22)20(23)19-9-7-18(8-10-19)17-5-3-2-4-6-17/h2-10H,11-16H2,1H3. The minimum atomic E-state index is 0.0721. The van der Waals surface area contributed by atoms with Gasteiger partial charge in [-0.25, -0.2) is 0 Å². The first-order valence-corrected chi connectivity index (χ1v) is 8.45. The first-order valence-electron chi connectivity index (χ1n) is 8.45. The predicted molar refractivity (Wildman–Crippen MR) is 96.1 cm³/mol. The molecule has 2 aromatic carbocycles. The Morgan fingerprint density at radius 1 is 1.00 bits per heavy atom. The Balaban J connectivity index is 1.57. The first-order chi connectivity index (χ1) is 11.7.